The number of rotatable bonds is 2. The van der Waals surface area contributed by atoms with E-state index in [0.29, 0.717) is 5.52 Å². The molecule has 0 bridgehead atoms. The molecule has 0 aliphatic heterocycles. The molecule has 0 unspecified atom stereocenters. The van der Waals surface area contributed by atoms with E-state index in [-0.39, 0.29) is 5.82 Å². The highest BCUT2D eigenvalue weighted by molar-refractivity contribution is 6.08. The van der Waals surface area contributed by atoms with E-state index >= 15 is 0 Å². The summed E-state index contributed by atoms with van der Waals surface area (Å²) >= 11 is 0. The fourth-order valence-electron chi connectivity index (χ4n) is 3.46. The normalized spacial score (nSPS) is 11.3. The van der Waals surface area contributed by atoms with Crippen LogP contribution in [0.15, 0.2) is 79.0 Å². The van der Waals surface area contributed by atoms with Gasteiger partial charge in [0.2, 0.25) is 0 Å². The van der Waals surface area contributed by atoms with E-state index in [0.717, 1.165) is 33.2 Å². The van der Waals surface area contributed by atoms with Crippen LogP contribution >= 0.6 is 0 Å². The first-order valence-corrected chi connectivity index (χ1v) is 8.81. The fourth-order valence-corrected chi connectivity index (χ4v) is 3.46. The highest BCUT2D eigenvalue weighted by atomic mass is 19.1. The summed E-state index contributed by atoms with van der Waals surface area (Å²) < 4.78 is 16.2. The Kier molecular flexibility index (Phi) is 3.50. The SMILES string of the molecule is Cc1ccc(-c2nn(-c3ccccc3)c3c2cnc2c(F)cccc23)cc1. The van der Waals surface area contributed by atoms with Crippen LogP contribution in [0.1, 0.15) is 5.56 Å². The van der Waals surface area contributed by atoms with Crippen molar-refractivity contribution in [1.82, 2.24) is 14.8 Å². The van der Waals surface area contributed by atoms with E-state index in [1.54, 1.807) is 12.3 Å². The first kappa shape index (κ1) is 15.7. The molecular formula is C23H16FN3. The van der Waals surface area contributed by atoms with Crippen molar-refractivity contribution in [2.75, 3.05) is 0 Å². The highest BCUT2D eigenvalue weighted by Crippen LogP contribution is 2.34. The van der Waals surface area contributed by atoms with Crippen molar-refractivity contribution in [3.05, 3.63) is 90.4 Å². The molecule has 3 nitrogen and oxygen atoms in total. The van der Waals surface area contributed by atoms with Crippen molar-refractivity contribution in [3.8, 4) is 16.9 Å². The minimum Gasteiger partial charge on any atom is -0.252 e. The molecule has 3 aromatic carbocycles. The standard InChI is InChI=1S/C23H16FN3/c1-15-10-12-16(13-11-15)21-19-14-25-22-18(8-5-9-20(22)24)23(19)27(26-21)17-6-3-2-4-7-17/h2-14H,1H3. The van der Waals surface area contributed by atoms with E-state index in [2.05, 4.69) is 36.2 Å². The molecule has 0 spiro atoms. The predicted octanol–water partition coefficient (Wildman–Crippen LogP) is 5.69. The summed E-state index contributed by atoms with van der Waals surface area (Å²) in [6.45, 7) is 2.06. The minimum atomic E-state index is -0.327. The molecule has 5 rings (SSSR count). The highest BCUT2D eigenvalue weighted by Gasteiger charge is 2.18. The zero-order valence-corrected chi connectivity index (χ0v) is 14.7. The Morgan fingerprint density at radius 1 is 0.815 bits per heavy atom. The van der Waals surface area contributed by atoms with Crippen LogP contribution in [0.25, 0.3) is 38.8 Å². The van der Waals surface area contributed by atoms with Gasteiger partial charge < -0.3 is 0 Å². The van der Waals surface area contributed by atoms with Crippen LogP contribution in [0, 0.1) is 12.7 Å². The summed E-state index contributed by atoms with van der Waals surface area (Å²) in [5.74, 6) is -0.327. The van der Waals surface area contributed by atoms with Gasteiger partial charge in [-0.25, -0.2) is 9.07 Å². The van der Waals surface area contributed by atoms with Crippen LogP contribution in [0.5, 0.6) is 0 Å². The van der Waals surface area contributed by atoms with Gasteiger partial charge in [-0.1, -0.05) is 60.2 Å². The molecule has 0 fully saturated rings. The van der Waals surface area contributed by atoms with Gasteiger partial charge >= 0.3 is 0 Å². The molecule has 0 radical (unpaired) electrons. The molecule has 0 aliphatic carbocycles. The van der Waals surface area contributed by atoms with Crippen LogP contribution < -0.4 is 0 Å². The van der Waals surface area contributed by atoms with Gasteiger partial charge in [-0.2, -0.15) is 5.10 Å². The molecule has 0 atom stereocenters. The largest absolute Gasteiger partial charge is 0.252 e. The molecule has 27 heavy (non-hydrogen) atoms. The van der Waals surface area contributed by atoms with Crippen molar-refractivity contribution in [2.45, 2.75) is 6.92 Å². The molecule has 2 aromatic heterocycles. The average molecular weight is 353 g/mol. The van der Waals surface area contributed by atoms with Gasteiger partial charge in [0, 0.05) is 22.5 Å². The van der Waals surface area contributed by atoms with Crippen LogP contribution in [0.3, 0.4) is 0 Å². The maximum absolute atomic E-state index is 14.3. The number of halogens is 1. The van der Waals surface area contributed by atoms with E-state index in [1.165, 1.54) is 11.6 Å². The lowest BCUT2D eigenvalue weighted by Crippen LogP contribution is -1.97. The summed E-state index contributed by atoms with van der Waals surface area (Å²) in [5.41, 5.74) is 5.19. The van der Waals surface area contributed by atoms with Gasteiger partial charge in [0.05, 0.1) is 11.2 Å². The van der Waals surface area contributed by atoms with Gasteiger partial charge in [0.25, 0.3) is 0 Å². The molecule has 2 heterocycles. The number of hydrogen-bond donors (Lipinski definition) is 0. The molecule has 0 amide bonds. The zero-order chi connectivity index (χ0) is 18.4. The molecular weight excluding hydrogens is 337 g/mol. The number of aromatic nitrogens is 3. The quantitative estimate of drug-likeness (QED) is 0.408. The lowest BCUT2D eigenvalue weighted by Gasteiger charge is -2.06. The number of aryl methyl sites for hydroxylation is 1. The number of pyridine rings is 1. The van der Waals surface area contributed by atoms with Gasteiger partial charge in [0.15, 0.2) is 0 Å². The maximum atomic E-state index is 14.3. The monoisotopic (exact) mass is 353 g/mol. The zero-order valence-electron chi connectivity index (χ0n) is 14.7. The van der Waals surface area contributed by atoms with Crippen molar-refractivity contribution >= 4 is 21.8 Å². The molecule has 5 aromatic rings. The van der Waals surface area contributed by atoms with E-state index in [1.807, 2.05) is 41.1 Å². The number of fused-ring (bicyclic) bond motifs is 3. The Balaban J connectivity index is 1.92. The van der Waals surface area contributed by atoms with E-state index in [9.17, 15) is 4.39 Å². The molecule has 0 N–H and O–H groups in total. The second-order valence-corrected chi connectivity index (χ2v) is 6.62. The summed E-state index contributed by atoms with van der Waals surface area (Å²) in [4.78, 5) is 4.39. The smallest absolute Gasteiger partial charge is 0.149 e. The lowest BCUT2D eigenvalue weighted by atomic mass is 10.1. The van der Waals surface area contributed by atoms with Crippen LogP contribution in [-0.2, 0) is 0 Å². The topological polar surface area (TPSA) is 30.7 Å². The van der Waals surface area contributed by atoms with Gasteiger partial charge in [-0.15, -0.1) is 0 Å². The first-order valence-electron chi connectivity index (χ1n) is 8.81. The molecule has 4 heteroatoms. The molecule has 130 valence electrons. The molecule has 0 saturated heterocycles. The predicted molar refractivity (Wildman–Crippen MR) is 107 cm³/mol. The Morgan fingerprint density at radius 2 is 1.59 bits per heavy atom. The van der Waals surface area contributed by atoms with Crippen LogP contribution in [-0.4, -0.2) is 14.8 Å². The van der Waals surface area contributed by atoms with Crippen LogP contribution in [0.2, 0.25) is 0 Å². The number of hydrogen-bond acceptors (Lipinski definition) is 2. The second kappa shape index (κ2) is 6.02. The van der Waals surface area contributed by atoms with Crippen molar-refractivity contribution in [3.63, 3.8) is 0 Å². The Hall–Kier alpha value is -3.53. The Bertz CT molecular complexity index is 1270. The second-order valence-electron chi connectivity index (χ2n) is 6.62. The molecule has 0 aliphatic rings. The van der Waals surface area contributed by atoms with E-state index < -0.39 is 0 Å². The lowest BCUT2D eigenvalue weighted by molar-refractivity contribution is 0.637. The Labute approximate surface area is 155 Å². The fraction of sp³-hybridized carbons (Fsp3) is 0.0435. The molecule has 0 saturated carbocycles. The number of benzene rings is 3. The average Bonchev–Trinajstić information content (AvgIpc) is 3.10. The van der Waals surface area contributed by atoms with Crippen molar-refractivity contribution < 1.29 is 4.39 Å². The summed E-state index contributed by atoms with van der Waals surface area (Å²) in [5, 5.41) is 6.55. The van der Waals surface area contributed by atoms with Crippen molar-refractivity contribution in [1.29, 1.82) is 0 Å². The van der Waals surface area contributed by atoms with Gasteiger partial charge in [-0.3, -0.25) is 4.98 Å². The third-order valence-electron chi connectivity index (χ3n) is 4.81. The van der Waals surface area contributed by atoms with E-state index in [4.69, 9.17) is 5.10 Å². The third kappa shape index (κ3) is 2.49. The summed E-state index contributed by atoms with van der Waals surface area (Å²) in [6, 6.07) is 23.2. The van der Waals surface area contributed by atoms with Gasteiger partial charge in [-0.05, 0) is 25.1 Å². The third-order valence-corrected chi connectivity index (χ3v) is 4.81. The maximum Gasteiger partial charge on any atom is 0.149 e. The van der Waals surface area contributed by atoms with Crippen LogP contribution in [0.4, 0.5) is 4.39 Å². The summed E-state index contributed by atoms with van der Waals surface area (Å²) in [6.07, 6.45) is 1.72. The Morgan fingerprint density at radius 3 is 2.37 bits per heavy atom. The van der Waals surface area contributed by atoms with Crippen molar-refractivity contribution in [2.24, 2.45) is 0 Å². The first-order chi connectivity index (χ1) is 13.2. The minimum absolute atomic E-state index is 0.327. The summed E-state index contributed by atoms with van der Waals surface area (Å²) in [7, 11) is 0. The number of nitrogens with zero attached hydrogens (tertiary/aromatic N) is 3. The number of para-hydroxylation sites is 2. The van der Waals surface area contributed by atoms with Gasteiger partial charge in [0.1, 0.15) is 17.0 Å².